The lowest BCUT2D eigenvalue weighted by Crippen LogP contribution is -2.13. The molecule has 0 unspecified atom stereocenters. The average Bonchev–Trinajstić information content (AvgIpc) is 2.84. The van der Waals surface area contributed by atoms with Crippen molar-refractivity contribution in [2.24, 2.45) is 0 Å². The van der Waals surface area contributed by atoms with Crippen molar-refractivity contribution in [3.63, 3.8) is 0 Å². The molecule has 0 saturated carbocycles. The second-order valence-corrected chi connectivity index (χ2v) is 5.77. The number of hydrogen-bond donors (Lipinski definition) is 1. The molecule has 1 heterocycles. The van der Waals surface area contributed by atoms with Crippen LogP contribution in [-0.2, 0) is 0 Å². The van der Waals surface area contributed by atoms with Crippen LogP contribution in [0.25, 0.3) is 10.2 Å². The maximum absolute atomic E-state index is 13.5. The number of carbonyl (C=O) groups excluding carboxylic acids is 1. The number of hydrogen-bond acceptors (Lipinski definition) is 3. The Morgan fingerprint density at radius 1 is 1.14 bits per heavy atom. The number of anilines is 1. The van der Waals surface area contributed by atoms with Gasteiger partial charge in [-0.2, -0.15) is 0 Å². The number of amides is 1. The molecular formula is C14H6ClF3N2OS. The number of aromatic nitrogens is 1. The first kappa shape index (κ1) is 14.8. The van der Waals surface area contributed by atoms with Gasteiger partial charge in [-0.05, 0) is 30.3 Å². The van der Waals surface area contributed by atoms with E-state index in [4.69, 9.17) is 11.6 Å². The summed E-state index contributed by atoms with van der Waals surface area (Å²) in [5.41, 5.74) is -0.125. The highest BCUT2D eigenvalue weighted by Gasteiger charge is 2.16. The Hall–Kier alpha value is -2.12. The van der Waals surface area contributed by atoms with E-state index < -0.39 is 28.9 Å². The van der Waals surface area contributed by atoms with E-state index in [0.717, 1.165) is 35.6 Å². The number of carbonyl (C=O) groups is 1. The van der Waals surface area contributed by atoms with Gasteiger partial charge in [0.25, 0.3) is 5.91 Å². The van der Waals surface area contributed by atoms with Gasteiger partial charge in [0.05, 0.1) is 15.3 Å². The number of thiazole rings is 1. The highest BCUT2D eigenvalue weighted by molar-refractivity contribution is 7.22. The van der Waals surface area contributed by atoms with Crippen molar-refractivity contribution in [2.75, 3.05) is 5.32 Å². The zero-order valence-corrected chi connectivity index (χ0v) is 12.2. The Bertz CT molecular complexity index is 897. The van der Waals surface area contributed by atoms with Crippen molar-refractivity contribution in [1.29, 1.82) is 0 Å². The largest absolute Gasteiger partial charge is 0.298 e. The van der Waals surface area contributed by atoms with Gasteiger partial charge >= 0.3 is 0 Å². The molecule has 1 aromatic heterocycles. The van der Waals surface area contributed by atoms with E-state index in [1.54, 1.807) is 0 Å². The predicted octanol–water partition coefficient (Wildman–Crippen LogP) is 4.62. The summed E-state index contributed by atoms with van der Waals surface area (Å²) >= 11 is 6.83. The van der Waals surface area contributed by atoms with Gasteiger partial charge in [-0.25, -0.2) is 18.2 Å². The van der Waals surface area contributed by atoms with E-state index >= 15 is 0 Å². The van der Waals surface area contributed by atoms with Crippen molar-refractivity contribution in [2.45, 2.75) is 0 Å². The molecule has 0 fully saturated rings. The zero-order chi connectivity index (χ0) is 15.9. The van der Waals surface area contributed by atoms with Gasteiger partial charge in [0.15, 0.2) is 5.13 Å². The van der Waals surface area contributed by atoms with Crippen LogP contribution in [0.1, 0.15) is 10.4 Å². The Balaban J connectivity index is 1.94. The summed E-state index contributed by atoms with van der Waals surface area (Å²) in [5.74, 6) is -2.98. The quantitative estimate of drug-likeness (QED) is 0.738. The molecule has 0 spiro atoms. The molecule has 0 saturated heterocycles. The minimum Gasteiger partial charge on any atom is -0.298 e. The summed E-state index contributed by atoms with van der Waals surface area (Å²) in [4.78, 5) is 16.0. The summed E-state index contributed by atoms with van der Waals surface area (Å²) in [5, 5.41) is 2.55. The Kier molecular flexibility index (Phi) is 3.76. The SMILES string of the molecule is O=C(Nc1nc2c(Cl)cc(F)cc2s1)c1cc(F)ccc1F. The van der Waals surface area contributed by atoms with E-state index in [-0.39, 0.29) is 10.2 Å². The first-order valence-electron chi connectivity index (χ1n) is 5.96. The van der Waals surface area contributed by atoms with Gasteiger partial charge in [-0.3, -0.25) is 10.1 Å². The number of nitrogens with one attached hydrogen (secondary N) is 1. The van der Waals surface area contributed by atoms with Gasteiger partial charge in [0, 0.05) is 0 Å². The molecule has 112 valence electrons. The fourth-order valence-electron chi connectivity index (χ4n) is 1.85. The van der Waals surface area contributed by atoms with Crippen LogP contribution in [0.3, 0.4) is 0 Å². The zero-order valence-electron chi connectivity index (χ0n) is 10.7. The van der Waals surface area contributed by atoms with Gasteiger partial charge < -0.3 is 0 Å². The lowest BCUT2D eigenvalue weighted by Gasteiger charge is -2.02. The van der Waals surface area contributed by atoms with E-state index in [1.165, 1.54) is 6.07 Å². The molecule has 0 aliphatic rings. The van der Waals surface area contributed by atoms with Crippen LogP contribution in [0.5, 0.6) is 0 Å². The number of fused-ring (bicyclic) bond motifs is 1. The molecule has 0 aliphatic carbocycles. The summed E-state index contributed by atoms with van der Waals surface area (Å²) in [6, 6.07) is 4.87. The molecule has 3 aromatic rings. The first-order valence-corrected chi connectivity index (χ1v) is 7.15. The summed E-state index contributed by atoms with van der Waals surface area (Å²) < 4.78 is 40.3. The molecule has 2 aromatic carbocycles. The lowest BCUT2D eigenvalue weighted by atomic mass is 10.2. The third-order valence-electron chi connectivity index (χ3n) is 2.81. The standard InChI is InChI=1S/C14H6ClF3N2OS/c15-9-4-7(17)5-11-12(9)19-14(22-11)20-13(21)8-3-6(16)1-2-10(8)18/h1-5H,(H,19,20,21). The van der Waals surface area contributed by atoms with Crippen LogP contribution in [-0.4, -0.2) is 10.9 Å². The smallest absolute Gasteiger partial charge is 0.260 e. The number of rotatable bonds is 2. The maximum Gasteiger partial charge on any atom is 0.260 e. The van der Waals surface area contributed by atoms with E-state index in [1.807, 2.05) is 0 Å². The minimum atomic E-state index is -0.857. The van der Waals surface area contributed by atoms with Crippen LogP contribution in [0.4, 0.5) is 18.3 Å². The molecule has 22 heavy (non-hydrogen) atoms. The Morgan fingerprint density at radius 3 is 2.68 bits per heavy atom. The molecule has 0 atom stereocenters. The van der Waals surface area contributed by atoms with Crippen molar-refractivity contribution in [3.05, 3.63) is 58.4 Å². The van der Waals surface area contributed by atoms with Crippen LogP contribution in [0.15, 0.2) is 30.3 Å². The van der Waals surface area contributed by atoms with Crippen molar-refractivity contribution < 1.29 is 18.0 Å². The first-order chi connectivity index (χ1) is 10.4. The molecule has 3 rings (SSSR count). The van der Waals surface area contributed by atoms with Crippen molar-refractivity contribution in [1.82, 2.24) is 4.98 Å². The van der Waals surface area contributed by atoms with Crippen molar-refractivity contribution in [3.8, 4) is 0 Å². The molecule has 3 nitrogen and oxygen atoms in total. The predicted molar refractivity (Wildman–Crippen MR) is 78.9 cm³/mol. The van der Waals surface area contributed by atoms with E-state index in [0.29, 0.717) is 10.2 Å². The summed E-state index contributed by atoms with van der Waals surface area (Å²) in [7, 11) is 0. The molecular weight excluding hydrogens is 337 g/mol. The normalized spacial score (nSPS) is 10.9. The second kappa shape index (κ2) is 5.58. The number of nitrogens with zero attached hydrogens (tertiary/aromatic N) is 1. The van der Waals surface area contributed by atoms with Crippen LogP contribution in [0, 0.1) is 17.5 Å². The highest BCUT2D eigenvalue weighted by Crippen LogP contribution is 2.32. The highest BCUT2D eigenvalue weighted by atomic mass is 35.5. The minimum absolute atomic E-state index is 0.101. The van der Waals surface area contributed by atoms with Gasteiger partial charge in [-0.15, -0.1) is 0 Å². The monoisotopic (exact) mass is 342 g/mol. The van der Waals surface area contributed by atoms with Crippen molar-refractivity contribution >= 4 is 44.2 Å². The molecule has 8 heteroatoms. The number of halogens is 4. The molecule has 0 aliphatic heterocycles. The fourth-order valence-corrected chi connectivity index (χ4v) is 3.06. The summed E-state index contributed by atoms with van der Waals surface area (Å²) in [6.45, 7) is 0. The third kappa shape index (κ3) is 2.77. The van der Waals surface area contributed by atoms with Crippen LogP contribution < -0.4 is 5.32 Å². The third-order valence-corrected chi connectivity index (χ3v) is 4.01. The topological polar surface area (TPSA) is 42.0 Å². The molecule has 1 N–H and O–H groups in total. The van der Waals surface area contributed by atoms with E-state index in [9.17, 15) is 18.0 Å². The fraction of sp³-hybridized carbons (Fsp3) is 0. The maximum atomic E-state index is 13.5. The van der Waals surface area contributed by atoms with Gasteiger partial charge in [0.1, 0.15) is 23.0 Å². The van der Waals surface area contributed by atoms with E-state index in [2.05, 4.69) is 10.3 Å². The molecule has 0 radical (unpaired) electrons. The molecule has 1 amide bonds. The van der Waals surface area contributed by atoms with Crippen LogP contribution in [0.2, 0.25) is 5.02 Å². The van der Waals surface area contributed by atoms with Gasteiger partial charge in [0.2, 0.25) is 0 Å². The van der Waals surface area contributed by atoms with Gasteiger partial charge in [-0.1, -0.05) is 22.9 Å². The van der Waals surface area contributed by atoms with Crippen LogP contribution >= 0.6 is 22.9 Å². The number of benzene rings is 2. The second-order valence-electron chi connectivity index (χ2n) is 4.33. The summed E-state index contributed by atoms with van der Waals surface area (Å²) in [6.07, 6.45) is 0. The molecule has 0 bridgehead atoms. The Morgan fingerprint density at radius 2 is 1.91 bits per heavy atom. The average molecular weight is 343 g/mol. The lowest BCUT2D eigenvalue weighted by molar-refractivity contribution is 0.102. The Labute approximate surface area is 131 Å².